The summed E-state index contributed by atoms with van der Waals surface area (Å²) in [5.41, 5.74) is 1.82. The van der Waals surface area contributed by atoms with Crippen molar-refractivity contribution >= 4 is 48.5 Å². The zero-order valence-electron chi connectivity index (χ0n) is 13.4. The number of amidine groups is 1. The molecule has 1 aliphatic rings. The van der Waals surface area contributed by atoms with Crippen molar-refractivity contribution in [2.45, 2.75) is 24.8 Å². The number of halogens is 1. The number of benzene rings is 2. The summed E-state index contributed by atoms with van der Waals surface area (Å²) in [6, 6.07) is 17.1. The third-order valence-corrected chi connectivity index (χ3v) is 13.4. The Hall–Kier alpha value is -1.09. The molecular weight excluding hydrogens is 454 g/mol. The molecule has 1 heterocycles. The molecule has 6 heteroatoms. The Morgan fingerprint density at radius 1 is 1.12 bits per heavy atom. The first-order valence-electron chi connectivity index (χ1n) is 7.51. The standard InChI is InChI=1S/C18H17ClN2OSe2/c1-18(2)21(12-13-8-10-15(19)11-9-13)17(23-24-18)20-16(22)14-6-4-3-5-7-14/h3-11H,12H2,1-2H3. The number of amides is 1. The minimum absolute atomic E-state index is 0.0719. The zero-order chi connectivity index (χ0) is 17.2. The van der Waals surface area contributed by atoms with Crippen molar-refractivity contribution in [3.63, 3.8) is 0 Å². The number of carbonyl (C=O) groups is 1. The molecule has 1 fully saturated rings. The topological polar surface area (TPSA) is 32.7 Å². The molecule has 1 saturated heterocycles. The fourth-order valence-electron chi connectivity index (χ4n) is 2.30. The number of hydrogen-bond donors (Lipinski definition) is 0. The average Bonchev–Trinajstić information content (AvgIpc) is 2.85. The van der Waals surface area contributed by atoms with Crippen LogP contribution in [-0.2, 0) is 6.54 Å². The maximum atomic E-state index is 12.4. The minimum atomic E-state index is -0.151. The van der Waals surface area contributed by atoms with Gasteiger partial charge in [-0.2, -0.15) is 0 Å². The first-order valence-corrected chi connectivity index (χ1v) is 13.9. The van der Waals surface area contributed by atoms with Crippen molar-refractivity contribution in [3.05, 3.63) is 70.7 Å². The van der Waals surface area contributed by atoms with E-state index in [-0.39, 0.29) is 23.5 Å². The maximum absolute atomic E-state index is 12.4. The van der Waals surface area contributed by atoms with Gasteiger partial charge in [0.2, 0.25) is 0 Å². The first-order chi connectivity index (χ1) is 11.5. The van der Waals surface area contributed by atoms with Gasteiger partial charge in [-0.3, -0.25) is 0 Å². The summed E-state index contributed by atoms with van der Waals surface area (Å²) in [5, 5.41) is 0.737. The summed E-state index contributed by atoms with van der Waals surface area (Å²) in [4.78, 5) is 19.2. The van der Waals surface area contributed by atoms with Crippen LogP contribution in [0.25, 0.3) is 0 Å². The Morgan fingerprint density at radius 2 is 1.79 bits per heavy atom. The van der Waals surface area contributed by atoms with Gasteiger partial charge in [-0.05, 0) is 0 Å². The number of aliphatic imine (C=N–C) groups is 1. The molecule has 0 spiro atoms. The summed E-state index contributed by atoms with van der Waals surface area (Å²) in [5.74, 6) is -0.151. The molecule has 0 saturated carbocycles. The monoisotopic (exact) mass is 472 g/mol. The second-order valence-electron chi connectivity index (χ2n) is 5.89. The van der Waals surface area contributed by atoms with Crippen LogP contribution in [0.2, 0.25) is 5.02 Å². The quantitative estimate of drug-likeness (QED) is 0.644. The Labute approximate surface area is 158 Å². The second-order valence-corrected chi connectivity index (χ2v) is 13.5. The van der Waals surface area contributed by atoms with Crippen LogP contribution in [0.1, 0.15) is 29.8 Å². The van der Waals surface area contributed by atoms with E-state index >= 15 is 0 Å². The fourth-order valence-corrected chi connectivity index (χ4v) is 10.3. The van der Waals surface area contributed by atoms with E-state index < -0.39 is 0 Å². The van der Waals surface area contributed by atoms with E-state index in [1.165, 1.54) is 5.56 Å². The van der Waals surface area contributed by atoms with E-state index in [4.69, 9.17) is 11.6 Å². The summed E-state index contributed by atoms with van der Waals surface area (Å²) >= 11 is 6.69. The van der Waals surface area contributed by atoms with Crippen molar-refractivity contribution in [1.82, 2.24) is 4.90 Å². The van der Waals surface area contributed by atoms with E-state index in [0.29, 0.717) is 18.7 Å². The Balaban J connectivity index is 1.85. The predicted molar refractivity (Wildman–Crippen MR) is 101 cm³/mol. The summed E-state index contributed by atoms with van der Waals surface area (Å²) in [6.07, 6.45) is 0. The first kappa shape index (κ1) is 17.7. The van der Waals surface area contributed by atoms with Crippen LogP contribution < -0.4 is 0 Å². The Morgan fingerprint density at radius 3 is 2.46 bits per heavy atom. The third-order valence-electron chi connectivity index (χ3n) is 3.67. The Kier molecular flexibility index (Phi) is 5.49. The van der Waals surface area contributed by atoms with E-state index in [1.807, 2.05) is 54.6 Å². The van der Waals surface area contributed by atoms with Gasteiger partial charge in [0.05, 0.1) is 0 Å². The van der Waals surface area contributed by atoms with Crippen LogP contribution in [0.3, 0.4) is 0 Å². The SMILES string of the molecule is CC1(C)[Se][Se]C(=NC(=O)c2ccccc2)N1Cc1ccc(Cl)cc1. The molecule has 0 aromatic heterocycles. The van der Waals surface area contributed by atoms with Crippen molar-refractivity contribution in [1.29, 1.82) is 0 Å². The van der Waals surface area contributed by atoms with E-state index in [0.717, 1.165) is 16.3 Å². The van der Waals surface area contributed by atoms with Gasteiger partial charge >= 0.3 is 159 Å². The molecule has 1 aliphatic heterocycles. The van der Waals surface area contributed by atoms with Gasteiger partial charge in [0.1, 0.15) is 0 Å². The van der Waals surface area contributed by atoms with Crippen molar-refractivity contribution in [2.75, 3.05) is 0 Å². The van der Waals surface area contributed by atoms with E-state index in [9.17, 15) is 4.79 Å². The van der Waals surface area contributed by atoms with Gasteiger partial charge in [0.25, 0.3) is 0 Å². The predicted octanol–water partition coefficient (Wildman–Crippen LogP) is 3.41. The molecule has 0 bridgehead atoms. The second kappa shape index (κ2) is 7.43. The zero-order valence-corrected chi connectivity index (χ0v) is 17.6. The van der Waals surface area contributed by atoms with E-state index in [2.05, 4.69) is 23.7 Å². The normalized spacial score (nSPS) is 18.1. The molecule has 0 radical (unpaired) electrons. The fraction of sp³-hybridized carbons (Fsp3) is 0.222. The third kappa shape index (κ3) is 4.11. The molecule has 3 nitrogen and oxygen atoms in total. The molecule has 0 aliphatic carbocycles. The van der Waals surface area contributed by atoms with Gasteiger partial charge in [0, 0.05) is 0 Å². The Bertz CT molecular complexity index is 760. The van der Waals surface area contributed by atoms with Gasteiger partial charge in [-0.25, -0.2) is 0 Å². The van der Waals surface area contributed by atoms with Crippen LogP contribution in [0.4, 0.5) is 0 Å². The summed E-state index contributed by atoms with van der Waals surface area (Å²) in [6.45, 7) is 5.23. The van der Waals surface area contributed by atoms with Crippen LogP contribution in [0.15, 0.2) is 59.6 Å². The molecule has 124 valence electrons. The van der Waals surface area contributed by atoms with Gasteiger partial charge in [-0.15, -0.1) is 0 Å². The van der Waals surface area contributed by atoms with Gasteiger partial charge < -0.3 is 0 Å². The van der Waals surface area contributed by atoms with Gasteiger partial charge in [-0.1, -0.05) is 0 Å². The summed E-state index contributed by atoms with van der Waals surface area (Å²) < 4.78 is 1.03. The number of carbonyl (C=O) groups excluding carboxylic acids is 1. The molecule has 0 N–H and O–H groups in total. The number of hydrogen-bond acceptors (Lipinski definition) is 1. The van der Waals surface area contributed by atoms with Crippen molar-refractivity contribution in [3.8, 4) is 0 Å². The molecular formula is C18H17ClN2OSe2. The van der Waals surface area contributed by atoms with Crippen LogP contribution in [0.5, 0.6) is 0 Å². The molecule has 0 unspecified atom stereocenters. The molecule has 0 atom stereocenters. The molecule has 24 heavy (non-hydrogen) atoms. The van der Waals surface area contributed by atoms with Crippen LogP contribution >= 0.6 is 11.6 Å². The van der Waals surface area contributed by atoms with Crippen molar-refractivity contribution < 1.29 is 4.79 Å². The molecule has 3 rings (SSSR count). The number of rotatable bonds is 3. The molecule has 2 aromatic carbocycles. The van der Waals surface area contributed by atoms with Crippen molar-refractivity contribution in [2.24, 2.45) is 4.99 Å². The van der Waals surface area contributed by atoms with Crippen LogP contribution in [0, 0.1) is 0 Å². The van der Waals surface area contributed by atoms with E-state index in [1.54, 1.807) is 0 Å². The van der Waals surface area contributed by atoms with Crippen LogP contribution in [-0.4, -0.2) is 46.2 Å². The number of nitrogens with zero attached hydrogens (tertiary/aromatic N) is 2. The molecule has 1 amide bonds. The summed E-state index contributed by atoms with van der Waals surface area (Å²) in [7, 11) is 0. The molecule has 2 aromatic rings. The van der Waals surface area contributed by atoms with Gasteiger partial charge in [0.15, 0.2) is 0 Å². The average molecular weight is 471 g/mol.